The third-order valence-electron chi connectivity index (χ3n) is 5.60. The fraction of sp³-hybridized carbons (Fsp3) is 0.647. The van der Waals surface area contributed by atoms with Gasteiger partial charge in [-0.05, 0) is 61.8 Å². The van der Waals surface area contributed by atoms with Crippen molar-refractivity contribution in [2.75, 3.05) is 0 Å². The Hall–Kier alpha value is -1.02. The first kappa shape index (κ1) is 11.8. The van der Waals surface area contributed by atoms with Crippen LogP contribution in [0.3, 0.4) is 0 Å². The van der Waals surface area contributed by atoms with Gasteiger partial charge < -0.3 is 10.5 Å². The summed E-state index contributed by atoms with van der Waals surface area (Å²) in [6, 6.07) is 8.29. The Balaban J connectivity index is 1.57. The van der Waals surface area contributed by atoms with E-state index in [9.17, 15) is 0 Å². The number of hydrogen-bond donors (Lipinski definition) is 1. The molecule has 19 heavy (non-hydrogen) atoms. The summed E-state index contributed by atoms with van der Waals surface area (Å²) < 4.78 is 6.43. The van der Waals surface area contributed by atoms with E-state index in [1.165, 1.54) is 32.1 Å². The molecule has 4 fully saturated rings. The fourth-order valence-electron chi connectivity index (χ4n) is 5.00. The molecule has 0 spiro atoms. The van der Waals surface area contributed by atoms with Crippen LogP contribution in [0.15, 0.2) is 24.3 Å². The van der Waals surface area contributed by atoms with E-state index in [-0.39, 0.29) is 0 Å². The molecule has 2 N–H and O–H groups in total. The van der Waals surface area contributed by atoms with Crippen molar-refractivity contribution in [3.63, 3.8) is 0 Å². The van der Waals surface area contributed by atoms with Gasteiger partial charge in [-0.15, -0.1) is 0 Å². The van der Waals surface area contributed by atoms with Crippen molar-refractivity contribution in [2.45, 2.75) is 44.8 Å². The summed E-state index contributed by atoms with van der Waals surface area (Å²) in [5.74, 6) is 4.66. The average Bonchev–Trinajstić information content (AvgIpc) is 2.42. The minimum Gasteiger partial charge on any atom is -0.490 e. The van der Waals surface area contributed by atoms with Gasteiger partial charge in [0.05, 0.1) is 0 Å². The van der Waals surface area contributed by atoms with Crippen LogP contribution in [-0.2, 0) is 6.54 Å². The second-order valence-corrected chi connectivity index (χ2v) is 6.83. The highest BCUT2D eigenvalue weighted by Gasteiger charge is 2.49. The van der Waals surface area contributed by atoms with E-state index in [1.807, 2.05) is 6.07 Å². The van der Waals surface area contributed by atoms with Crippen LogP contribution in [0.5, 0.6) is 5.75 Å². The molecule has 1 aromatic rings. The van der Waals surface area contributed by atoms with Crippen molar-refractivity contribution in [1.82, 2.24) is 0 Å². The molecule has 0 radical (unpaired) electrons. The molecule has 4 saturated carbocycles. The van der Waals surface area contributed by atoms with Crippen LogP contribution in [-0.4, -0.2) is 6.10 Å². The van der Waals surface area contributed by atoms with Crippen LogP contribution in [0.4, 0.5) is 0 Å². The Morgan fingerprint density at radius 2 is 1.58 bits per heavy atom. The third-order valence-corrected chi connectivity index (χ3v) is 5.60. The maximum Gasteiger partial charge on any atom is 0.124 e. The van der Waals surface area contributed by atoms with Gasteiger partial charge in [0.2, 0.25) is 0 Å². The smallest absolute Gasteiger partial charge is 0.124 e. The van der Waals surface area contributed by atoms with Crippen LogP contribution >= 0.6 is 0 Å². The molecule has 0 aromatic heterocycles. The summed E-state index contributed by atoms with van der Waals surface area (Å²) in [5, 5.41) is 0. The average molecular weight is 257 g/mol. The standard InChI is InChI=1S/C17H23NO/c18-10-13-3-1-2-4-16(13)19-17-14-6-11-5-12(8-14)9-15(17)7-11/h1-4,11-12,14-15,17H,5-10,18H2. The highest BCUT2D eigenvalue weighted by atomic mass is 16.5. The third kappa shape index (κ3) is 1.97. The monoisotopic (exact) mass is 257 g/mol. The number of rotatable bonds is 3. The van der Waals surface area contributed by atoms with Crippen molar-refractivity contribution >= 4 is 0 Å². The van der Waals surface area contributed by atoms with Gasteiger partial charge in [0.25, 0.3) is 0 Å². The van der Waals surface area contributed by atoms with Crippen molar-refractivity contribution in [3.05, 3.63) is 29.8 Å². The first-order valence-electron chi connectivity index (χ1n) is 7.78. The molecule has 5 rings (SSSR count). The van der Waals surface area contributed by atoms with E-state index in [0.717, 1.165) is 35.0 Å². The second-order valence-electron chi connectivity index (χ2n) is 6.83. The van der Waals surface area contributed by atoms with Crippen molar-refractivity contribution in [2.24, 2.45) is 29.4 Å². The quantitative estimate of drug-likeness (QED) is 0.901. The van der Waals surface area contributed by atoms with Gasteiger partial charge in [0.15, 0.2) is 0 Å². The van der Waals surface area contributed by atoms with Gasteiger partial charge in [0.1, 0.15) is 11.9 Å². The number of para-hydroxylation sites is 1. The molecule has 4 bridgehead atoms. The zero-order chi connectivity index (χ0) is 12.8. The molecule has 0 amide bonds. The number of nitrogens with two attached hydrogens (primary N) is 1. The number of benzene rings is 1. The van der Waals surface area contributed by atoms with Gasteiger partial charge in [0, 0.05) is 12.1 Å². The van der Waals surface area contributed by atoms with Gasteiger partial charge >= 0.3 is 0 Å². The molecule has 0 aliphatic heterocycles. The summed E-state index contributed by atoms with van der Waals surface area (Å²) in [6.07, 6.45) is 7.58. The van der Waals surface area contributed by atoms with E-state index in [2.05, 4.69) is 18.2 Å². The second kappa shape index (κ2) is 4.52. The van der Waals surface area contributed by atoms with Gasteiger partial charge in [-0.2, -0.15) is 0 Å². The lowest BCUT2D eigenvalue weighted by Crippen LogP contribution is -2.50. The van der Waals surface area contributed by atoms with Crippen molar-refractivity contribution in [1.29, 1.82) is 0 Å². The van der Waals surface area contributed by atoms with E-state index in [4.69, 9.17) is 10.5 Å². The van der Waals surface area contributed by atoms with Crippen LogP contribution in [0, 0.1) is 23.7 Å². The molecule has 0 unspecified atom stereocenters. The molecule has 0 heterocycles. The topological polar surface area (TPSA) is 35.2 Å². The Kier molecular flexibility index (Phi) is 2.80. The van der Waals surface area contributed by atoms with Crippen molar-refractivity contribution < 1.29 is 4.74 Å². The molecule has 4 aliphatic carbocycles. The lowest BCUT2D eigenvalue weighted by Gasteiger charge is -2.53. The molecule has 1 aromatic carbocycles. The summed E-state index contributed by atoms with van der Waals surface area (Å²) >= 11 is 0. The van der Waals surface area contributed by atoms with Gasteiger partial charge in [-0.3, -0.25) is 0 Å². The first-order chi connectivity index (χ1) is 9.33. The Morgan fingerprint density at radius 3 is 2.21 bits per heavy atom. The fourth-order valence-corrected chi connectivity index (χ4v) is 5.00. The molecule has 4 aliphatic rings. The first-order valence-corrected chi connectivity index (χ1v) is 7.78. The molecule has 2 heteroatoms. The van der Waals surface area contributed by atoms with Crippen LogP contribution < -0.4 is 10.5 Å². The van der Waals surface area contributed by atoms with E-state index < -0.39 is 0 Å². The number of ether oxygens (including phenoxy) is 1. The number of hydrogen-bond acceptors (Lipinski definition) is 2. The molecular weight excluding hydrogens is 234 g/mol. The summed E-state index contributed by atoms with van der Waals surface area (Å²) in [7, 11) is 0. The predicted molar refractivity (Wildman–Crippen MR) is 75.8 cm³/mol. The lowest BCUT2D eigenvalue weighted by molar-refractivity contribution is -0.0792. The zero-order valence-electron chi connectivity index (χ0n) is 11.4. The highest BCUT2D eigenvalue weighted by Crippen LogP contribution is 2.54. The van der Waals surface area contributed by atoms with Gasteiger partial charge in [-0.25, -0.2) is 0 Å². The van der Waals surface area contributed by atoms with Crippen molar-refractivity contribution in [3.8, 4) is 5.75 Å². The Morgan fingerprint density at radius 1 is 0.947 bits per heavy atom. The van der Waals surface area contributed by atoms with Crippen LogP contribution in [0.2, 0.25) is 0 Å². The molecule has 2 nitrogen and oxygen atoms in total. The maximum atomic E-state index is 6.43. The normalized spacial score (nSPS) is 39.5. The molecular formula is C17H23NO. The summed E-state index contributed by atoms with van der Waals surface area (Å²) in [6.45, 7) is 0.573. The molecule has 102 valence electrons. The maximum absolute atomic E-state index is 6.43. The summed E-state index contributed by atoms with van der Waals surface area (Å²) in [5.41, 5.74) is 6.97. The largest absolute Gasteiger partial charge is 0.490 e. The zero-order valence-corrected chi connectivity index (χ0v) is 11.4. The lowest BCUT2D eigenvalue weighted by atomic mass is 9.55. The Labute approximate surface area is 115 Å². The highest BCUT2D eigenvalue weighted by molar-refractivity contribution is 5.33. The SMILES string of the molecule is NCc1ccccc1OC1C2CC3CC(C2)CC1C3. The van der Waals surface area contributed by atoms with Crippen LogP contribution in [0.25, 0.3) is 0 Å². The van der Waals surface area contributed by atoms with Crippen LogP contribution in [0.1, 0.15) is 37.7 Å². The Bertz CT molecular complexity index is 442. The predicted octanol–water partition coefficient (Wildman–Crippen LogP) is 3.35. The minimum atomic E-state index is 0.459. The van der Waals surface area contributed by atoms with E-state index in [0.29, 0.717) is 12.6 Å². The summed E-state index contributed by atoms with van der Waals surface area (Å²) in [4.78, 5) is 0. The van der Waals surface area contributed by atoms with E-state index >= 15 is 0 Å². The minimum absolute atomic E-state index is 0.459. The molecule has 0 atom stereocenters. The molecule has 0 saturated heterocycles. The van der Waals surface area contributed by atoms with E-state index in [1.54, 1.807) is 0 Å². The van der Waals surface area contributed by atoms with Gasteiger partial charge in [-0.1, -0.05) is 18.2 Å².